The Balaban J connectivity index is 2.79. The summed E-state index contributed by atoms with van der Waals surface area (Å²) in [5.74, 6) is -0.875. The van der Waals surface area contributed by atoms with E-state index in [-0.39, 0.29) is 6.04 Å². The fraction of sp³-hybridized carbons (Fsp3) is 0.562. The maximum absolute atomic E-state index is 11.1. The molecule has 0 saturated heterocycles. The molecule has 3 atom stereocenters. The molecule has 1 rings (SSSR count). The molecule has 0 heterocycles. The highest BCUT2D eigenvalue weighted by Gasteiger charge is 2.24. The van der Waals surface area contributed by atoms with Crippen molar-refractivity contribution in [2.75, 3.05) is 0 Å². The summed E-state index contributed by atoms with van der Waals surface area (Å²) in [5.41, 5.74) is 2.04. The summed E-state index contributed by atoms with van der Waals surface area (Å²) < 4.78 is 0. The van der Waals surface area contributed by atoms with Crippen LogP contribution < -0.4 is 5.32 Å². The molecule has 112 valence electrons. The first kappa shape index (κ1) is 16.7. The van der Waals surface area contributed by atoms with E-state index in [2.05, 4.69) is 12.2 Å². The predicted octanol–water partition coefficient (Wildman–Crippen LogP) is 2.51. The van der Waals surface area contributed by atoms with E-state index in [1.807, 2.05) is 38.1 Å². The van der Waals surface area contributed by atoms with Crippen LogP contribution in [-0.4, -0.2) is 28.3 Å². The Labute approximate surface area is 120 Å². The lowest BCUT2D eigenvalue weighted by Crippen LogP contribution is -2.45. The molecule has 0 saturated carbocycles. The summed E-state index contributed by atoms with van der Waals surface area (Å²) in [6.45, 7) is 5.84. The second kappa shape index (κ2) is 8.02. The van der Waals surface area contributed by atoms with E-state index in [0.717, 1.165) is 12.0 Å². The highest BCUT2D eigenvalue weighted by Crippen LogP contribution is 2.20. The molecule has 0 aromatic heterocycles. The number of hydrogen-bond acceptors (Lipinski definition) is 3. The Kier molecular flexibility index (Phi) is 6.68. The summed E-state index contributed by atoms with van der Waals surface area (Å²) in [4.78, 5) is 11.1. The summed E-state index contributed by atoms with van der Waals surface area (Å²) in [6.07, 6.45) is 1.43. The first-order chi connectivity index (χ1) is 9.53. The van der Waals surface area contributed by atoms with Crippen molar-refractivity contribution in [2.45, 2.75) is 58.2 Å². The molecule has 4 heteroatoms. The van der Waals surface area contributed by atoms with Gasteiger partial charge in [-0.25, -0.2) is 0 Å². The molecule has 0 amide bonds. The van der Waals surface area contributed by atoms with Gasteiger partial charge in [0.15, 0.2) is 0 Å². The SMILES string of the molecule is CCc1ccc(C(O)C(CC)NC(CC)C(=O)O)cc1. The third-order valence-electron chi connectivity index (χ3n) is 3.67. The van der Waals surface area contributed by atoms with Crippen molar-refractivity contribution in [3.8, 4) is 0 Å². The van der Waals surface area contributed by atoms with Gasteiger partial charge in [0.05, 0.1) is 6.10 Å². The number of hydrogen-bond donors (Lipinski definition) is 3. The van der Waals surface area contributed by atoms with Crippen LogP contribution in [-0.2, 0) is 11.2 Å². The van der Waals surface area contributed by atoms with Crippen LogP contribution in [0.3, 0.4) is 0 Å². The maximum Gasteiger partial charge on any atom is 0.320 e. The van der Waals surface area contributed by atoms with E-state index < -0.39 is 18.1 Å². The monoisotopic (exact) mass is 279 g/mol. The zero-order valence-electron chi connectivity index (χ0n) is 12.5. The normalized spacial score (nSPS) is 15.6. The summed E-state index contributed by atoms with van der Waals surface area (Å²) in [5, 5.41) is 22.5. The third kappa shape index (κ3) is 4.32. The van der Waals surface area contributed by atoms with E-state index >= 15 is 0 Å². The Morgan fingerprint density at radius 1 is 1.15 bits per heavy atom. The van der Waals surface area contributed by atoms with Crippen LogP contribution in [0.25, 0.3) is 0 Å². The van der Waals surface area contributed by atoms with Gasteiger partial charge in [0, 0.05) is 6.04 Å². The zero-order valence-corrected chi connectivity index (χ0v) is 12.5. The van der Waals surface area contributed by atoms with E-state index in [1.54, 1.807) is 0 Å². The van der Waals surface area contributed by atoms with Crippen LogP contribution in [0.15, 0.2) is 24.3 Å². The van der Waals surface area contributed by atoms with Crippen LogP contribution in [0.2, 0.25) is 0 Å². The number of aliphatic carboxylic acids is 1. The minimum absolute atomic E-state index is 0.261. The minimum Gasteiger partial charge on any atom is -0.480 e. The molecule has 20 heavy (non-hydrogen) atoms. The highest BCUT2D eigenvalue weighted by atomic mass is 16.4. The van der Waals surface area contributed by atoms with Crippen LogP contribution in [0.5, 0.6) is 0 Å². The summed E-state index contributed by atoms with van der Waals surface area (Å²) in [6, 6.07) is 6.94. The van der Waals surface area contributed by atoms with Gasteiger partial charge in [-0.05, 0) is 30.4 Å². The molecule has 4 nitrogen and oxygen atoms in total. The quantitative estimate of drug-likeness (QED) is 0.684. The standard InChI is InChI=1S/C16H25NO3/c1-4-11-7-9-12(10-8-11)15(18)13(5-2)17-14(6-3)16(19)20/h7-10,13-15,17-18H,4-6H2,1-3H3,(H,19,20). The zero-order chi connectivity index (χ0) is 15.1. The van der Waals surface area contributed by atoms with Crippen LogP contribution >= 0.6 is 0 Å². The van der Waals surface area contributed by atoms with E-state index in [9.17, 15) is 9.90 Å². The lowest BCUT2D eigenvalue weighted by Gasteiger charge is -2.26. The van der Waals surface area contributed by atoms with Crippen molar-refractivity contribution in [1.29, 1.82) is 0 Å². The van der Waals surface area contributed by atoms with Crippen molar-refractivity contribution in [3.63, 3.8) is 0 Å². The lowest BCUT2D eigenvalue weighted by atomic mass is 9.97. The first-order valence-electron chi connectivity index (χ1n) is 7.29. The van der Waals surface area contributed by atoms with Gasteiger partial charge in [-0.1, -0.05) is 45.0 Å². The number of carboxylic acid groups (broad SMARTS) is 1. The molecule has 0 bridgehead atoms. The van der Waals surface area contributed by atoms with Crippen molar-refractivity contribution in [1.82, 2.24) is 5.32 Å². The van der Waals surface area contributed by atoms with Crippen molar-refractivity contribution >= 4 is 5.97 Å². The molecule has 1 aromatic carbocycles. The summed E-state index contributed by atoms with van der Waals surface area (Å²) >= 11 is 0. The number of aliphatic hydroxyl groups is 1. The molecule has 0 fully saturated rings. The van der Waals surface area contributed by atoms with Gasteiger partial charge >= 0.3 is 5.97 Å². The number of aryl methyl sites for hydroxylation is 1. The van der Waals surface area contributed by atoms with E-state index in [1.165, 1.54) is 5.56 Å². The van der Waals surface area contributed by atoms with Gasteiger partial charge in [0.25, 0.3) is 0 Å². The molecular formula is C16H25NO3. The third-order valence-corrected chi connectivity index (χ3v) is 3.67. The number of nitrogens with one attached hydrogen (secondary N) is 1. The Bertz CT molecular complexity index is 416. The second-order valence-corrected chi connectivity index (χ2v) is 5.02. The number of carbonyl (C=O) groups is 1. The highest BCUT2D eigenvalue weighted by molar-refractivity contribution is 5.73. The number of carboxylic acids is 1. The molecule has 3 N–H and O–H groups in total. The second-order valence-electron chi connectivity index (χ2n) is 5.02. The fourth-order valence-corrected chi connectivity index (χ4v) is 2.24. The molecule has 0 radical (unpaired) electrons. The van der Waals surface area contributed by atoms with Crippen LogP contribution in [0.1, 0.15) is 50.8 Å². The average Bonchev–Trinajstić information content (AvgIpc) is 2.47. The Morgan fingerprint density at radius 2 is 1.75 bits per heavy atom. The van der Waals surface area contributed by atoms with Gasteiger partial charge in [-0.3, -0.25) is 10.1 Å². The van der Waals surface area contributed by atoms with Crippen molar-refractivity contribution < 1.29 is 15.0 Å². The molecule has 0 aliphatic rings. The molecule has 1 aromatic rings. The minimum atomic E-state index is -0.875. The maximum atomic E-state index is 11.1. The van der Waals surface area contributed by atoms with Crippen molar-refractivity contribution in [2.24, 2.45) is 0 Å². The number of rotatable bonds is 8. The van der Waals surface area contributed by atoms with Crippen LogP contribution in [0.4, 0.5) is 0 Å². The molecule has 0 aliphatic carbocycles. The van der Waals surface area contributed by atoms with Gasteiger partial charge in [0.1, 0.15) is 6.04 Å². The Morgan fingerprint density at radius 3 is 2.15 bits per heavy atom. The number of aliphatic hydroxyl groups excluding tert-OH is 1. The smallest absolute Gasteiger partial charge is 0.320 e. The van der Waals surface area contributed by atoms with E-state index in [4.69, 9.17) is 5.11 Å². The van der Waals surface area contributed by atoms with Gasteiger partial charge in [0.2, 0.25) is 0 Å². The Hall–Kier alpha value is -1.39. The molecular weight excluding hydrogens is 254 g/mol. The van der Waals surface area contributed by atoms with Gasteiger partial charge < -0.3 is 10.2 Å². The predicted molar refractivity (Wildman–Crippen MR) is 79.7 cm³/mol. The largest absolute Gasteiger partial charge is 0.480 e. The van der Waals surface area contributed by atoms with Gasteiger partial charge in [-0.15, -0.1) is 0 Å². The molecule has 0 spiro atoms. The van der Waals surface area contributed by atoms with Gasteiger partial charge in [-0.2, -0.15) is 0 Å². The first-order valence-corrected chi connectivity index (χ1v) is 7.29. The fourth-order valence-electron chi connectivity index (χ4n) is 2.24. The average molecular weight is 279 g/mol. The molecule has 0 aliphatic heterocycles. The topological polar surface area (TPSA) is 69.6 Å². The van der Waals surface area contributed by atoms with Crippen molar-refractivity contribution in [3.05, 3.63) is 35.4 Å². The molecule has 3 unspecified atom stereocenters. The lowest BCUT2D eigenvalue weighted by molar-refractivity contribution is -0.140. The van der Waals surface area contributed by atoms with E-state index in [0.29, 0.717) is 12.8 Å². The van der Waals surface area contributed by atoms with Crippen LogP contribution in [0, 0.1) is 0 Å². The number of benzene rings is 1. The summed E-state index contributed by atoms with van der Waals surface area (Å²) in [7, 11) is 0.